The lowest BCUT2D eigenvalue weighted by molar-refractivity contribution is 0.343. The lowest BCUT2D eigenvalue weighted by Gasteiger charge is -2.03. The Bertz CT molecular complexity index is 446. The van der Waals surface area contributed by atoms with E-state index in [1.807, 2.05) is 6.08 Å². The summed E-state index contributed by atoms with van der Waals surface area (Å²) < 4.78 is 0. The number of hydrogen-bond donors (Lipinski definition) is 1. The summed E-state index contributed by atoms with van der Waals surface area (Å²) in [7, 11) is 0. The molecule has 0 atom stereocenters. The van der Waals surface area contributed by atoms with Crippen LogP contribution in [0.5, 0.6) is 0 Å². The van der Waals surface area contributed by atoms with Crippen LogP contribution in [0.15, 0.2) is 36.0 Å². The second-order valence-corrected chi connectivity index (χ2v) is 10.8. The number of unbranched alkanes of at least 4 members (excludes halogenated alkanes) is 18. The molecule has 0 bridgehead atoms. The van der Waals surface area contributed by atoms with Gasteiger partial charge in [-0.05, 0) is 39.0 Å². The monoisotopic (exact) mass is 521 g/mol. The normalized spacial score (nSPS) is 11.5. The summed E-state index contributed by atoms with van der Waals surface area (Å²) in [5.41, 5.74) is 1.42. The summed E-state index contributed by atoms with van der Waals surface area (Å²) in [5, 5.41) is 8.66. The van der Waals surface area contributed by atoms with Gasteiger partial charge in [0.15, 0.2) is 0 Å². The van der Waals surface area contributed by atoms with Gasteiger partial charge in [0.05, 0.1) is 6.61 Å². The lowest BCUT2D eigenvalue weighted by Crippen LogP contribution is -1.83. The predicted octanol–water partition coefficient (Wildman–Crippen LogP) is 13.1. The van der Waals surface area contributed by atoms with Gasteiger partial charge in [-0.2, -0.15) is 0 Å². The summed E-state index contributed by atoms with van der Waals surface area (Å²) in [4.78, 5) is 0. The van der Waals surface area contributed by atoms with Crippen molar-refractivity contribution in [2.45, 2.75) is 189 Å². The molecule has 1 N–H and O–H groups in total. The molecule has 0 aliphatic carbocycles. The van der Waals surface area contributed by atoms with Gasteiger partial charge in [0.1, 0.15) is 0 Å². The first-order valence-electron chi connectivity index (χ1n) is 16.7. The molecule has 0 spiro atoms. The van der Waals surface area contributed by atoms with E-state index in [4.69, 9.17) is 5.11 Å². The average Bonchev–Trinajstić information content (AvgIpc) is 2.89. The van der Waals surface area contributed by atoms with Gasteiger partial charge in [-0.15, -0.1) is 0 Å². The van der Waals surface area contributed by atoms with Crippen LogP contribution in [-0.4, -0.2) is 11.7 Å². The van der Waals surface area contributed by atoms with Crippen molar-refractivity contribution in [1.29, 1.82) is 0 Å². The molecule has 0 saturated carbocycles. The Hall–Kier alpha value is -0.820. The third kappa shape index (κ3) is 48.8. The molecule has 0 fully saturated rings. The topological polar surface area (TPSA) is 20.2 Å². The van der Waals surface area contributed by atoms with Crippen molar-refractivity contribution in [2.75, 3.05) is 6.61 Å². The van der Waals surface area contributed by atoms with Gasteiger partial charge in [-0.25, -0.2) is 0 Å². The van der Waals surface area contributed by atoms with Gasteiger partial charge in [-0.3, -0.25) is 0 Å². The van der Waals surface area contributed by atoms with Gasteiger partial charge in [0.25, 0.3) is 0 Å². The van der Waals surface area contributed by atoms with Gasteiger partial charge >= 0.3 is 0 Å². The highest BCUT2D eigenvalue weighted by Crippen LogP contribution is 2.14. The fourth-order valence-corrected chi connectivity index (χ4v) is 4.07. The smallest absolute Gasteiger partial charge is 0.0615 e. The Morgan fingerprint density at radius 1 is 0.486 bits per heavy atom. The van der Waals surface area contributed by atoms with Crippen LogP contribution in [0.4, 0.5) is 0 Å². The Morgan fingerprint density at radius 2 is 0.892 bits per heavy atom. The molecule has 0 aliphatic rings. The third-order valence-electron chi connectivity index (χ3n) is 6.39. The molecular formula is C36H72O. The van der Waals surface area contributed by atoms with Gasteiger partial charge < -0.3 is 5.11 Å². The second-order valence-electron chi connectivity index (χ2n) is 10.8. The van der Waals surface area contributed by atoms with E-state index in [1.165, 1.54) is 153 Å². The SMILES string of the molecule is CCC.CCC/C=C/CCCCCCC.CCCCCCCCCCCCCCC/C(C)=C/C=C\CO. The Balaban J connectivity index is -0.000000646. The quantitative estimate of drug-likeness (QED) is 0.0762. The molecule has 0 radical (unpaired) electrons. The van der Waals surface area contributed by atoms with Crippen LogP contribution in [-0.2, 0) is 0 Å². The molecule has 1 heteroatoms. The van der Waals surface area contributed by atoms with Crippen LogP contribution in [0.2, 0.25) is 0 Å². The van der Waals surface area contributed by atoms with E-state index in [0.717, 1.165) is 0 Å². The van der Waals surface area contributed by atoms with E-state index in [1.54, 1.807) is 6.08 Å². The van der Waals surface area contributed by atoms with Crippen LogP contribution >= 0.6 is 0 Å². The molecule has 0 amide bonds. The van der Waals surface area contributed by atoms with Crippen molar-refractivity contribution in [1.82, 2.24) is 0 Å². The summed E-state index contributed by atoms with van der Waals surface area (Å²) in [6, 6.07) is 0. The molecule has 222 valence electrons. The molecule has 0 aromatic heterocycles. The molecule has 0 aromatic rings. The number of allylic oxidation sites excluding steroid dienone is 5. The first-order valence-corrected chi connectivity index (χ1v) is 16.7. The molecule has 1 nitrogen and oxygen atoms in total. The molecule has 37 heavy (non-hydrogen) atoms. The van der Waals surface area contributed by atoms with E-state index in [0.29, 0.717) is 0 Å². The summed E-state index contributed by atoms with van der Waals surface area (Å²) in [6.45, 7) is 13.4. The zero-order valence-corrected chi connectivity index (χ0v) is 26.8. The summed E-state index contributed by atoms with van der Waals surface area (Å²) >= 11 is 0. The highest BCUT2D eigenvalue weighted by atomic mass is 16.2. The van der Waals surface area contributed by atoms with E-state index in [-0.39, 0.29) is 6.61 Å². The van der Waals surface area contributed by atoms with Crippen LogP contribution < -0.4 is 0 Å². The van der Waals surface area contributed by atoms with E-state index in [9.17, 15) is 0 Å². The third-order valence-corrected chi connectivity index (χ3v) is 6.39. The Labute approximate surface area is 236 Å². The summed E-state index contributed by atoms with van der Waals surface area (Å²) in [6.07, 6.45) is 42.2. The molecule has 0 aliphatic heterocycles. The van der Waals surface area contributed by atoms with Crippen molar-refractivity contribution >= 4 is 0 Å². The van der Waals surface area contributed by atoms with Crippen molar-refractivity contribution in [2.24, 2.45) is 0 Å². The van der Waals surface area contributed by atoms with E-state index in [2.05, 4.69) is 59.8 Å². The van der Waals surface area contributed by atoms with Crippen LogP contribution in [0, 0.1) is 0 Å². The standard InChI is InChI=1S/C21H40O.C12H24.C3H8/c1-3-4-5-6-7-8-9-10-11-12-13-14-15-18-21(2)19-16-17-20-22;1-3-5-7-9-11-12-10-8-6-4-2;1-3-2/h16-17,19,22H,3-15,18,20H2,1-2H3;7,9H,3-6,8,10-12H2,1-2H3;3H2,1-2H3/b17-16-,21-19+;9-7+;. The van der Waals surface area contributed by atoms with E-state index >= 15 is 0 Å². The Morgan fingerprint density at radius 3 is 1.32 bits per heavy atom. The second kappa shape index (κ2) is 42.3. The van der Waals surface area contributed by atoms with Crippen LogP contribution in [0.3, 0.4) is 0 Å². The minimum Gasteiger partial charge on any atom is -0.392 e. The maximum Gasteiger partial charge on any atom is 0.0615 e. The van der Waals surface area contributed by atoms with Gasteiger partial charge in [0.2, 0.25) is 0 Å². The zero-order chi connectivity index (χ0) is 28.1. The van der Waals surface area contributed by atoms with Crippen molar-refractivity contribution < 1.29 is 5.11 Å². The number of hydrogen-bond acceptors (Lipinski definition) is 1. The van der Waals surface area contributed by atoms with Crippen molar-refractivity contribution in [3.8, 4) is 0 Å². The fourth-order valence-electron chi connectivity index (χ4n) is 4.07. The average molecular weight is 521 g/mol. The molecular weight excluding hydrogens is 448 g/mol. The van der Waals surface area contributed by atoms with Gasteiger partial charge in [0, 0.05) is 0 Å². The first kappa shape index (κ1) is 40.7. The van der Waals surface area contributed by atoms with E-state index < -0.39 is 0 Å². The first-order chi connectivity index (χ1) is 18.1. The molecule has 0 unspecified atom stereocenters. The number of rotatable bonds is 24. The maximum absolute atomic E-state index is 8.66. The largest absolute Gasteiger partial charge is 0.392 e. The van der Waals surface area contributed by atoms with Gasteiger partial charge in [-0.1, -0.05) is 186 Å². The van der Waals surface area contributed by atoms with Crippen molar-refractivity contribution in [3.05, 3.63) is 36.0 Å². The molecule has 0 rings (SSSR count). The maximum atomic E-state index is 8.66. The lowest BCUT2D eigenvalue weighted by atomic mass is 10.0. The summed E-state index contributed by atoms with van der Waals surface area (Å²) in [5.74, 6) is 0. The minimum atomic E-state index is 0.141. The van der Waals surface area contributed by atoms with Crippen LogP contribution in [0.1, 0.15) is 189 Å². The molecule has 0 saturated heterocycles. The van der Waals surface area contributed by atoms with Crippen molar-refractivity contribution in [3.63, 3.8) is 0 Å². The molecule has 0 aromatic carbocycles. The predicted molar refractivity (Wildman–Crippen MR) is 174 cm³/mol. The number of aliphatic hydroxyl groups is 1. The zero-order valence-electron chi connectivity index (χ0n) is 26.8. The molecule has 0 heterocycles. The van der Waals surface area contributed by atoms with Crippen LogP contribution in [0.25, 0.3) is 0 Å². The number of aliphatic hydroxyl groups excluding tert-OH is 1. The highest BCUT2D eigenvalue weighted by molar-refractivity contribution is 5.10. The fraction of sp³-hybridized carbons (Fsp3) is 0.833. The highest BCUT2D eigenvalue weighted by Gasteiger charge is 1.94. The minimum absolute atomic E-state index is 0.141. The Kier molecular flexibility index (Phi) is 46.5.